The summed E-state index contributed by atoms with van der Waals surface area (Å²) >= 11 is 0. The van der Waals surface area contributed by atoms with Gasteiger partial charge in [0.1, 0.15) is 28.9 Å². The second-order valence-corrected chi connectivity index (χ2v) is 13.6. The first-order valence-electron chi connectivity index (χ1n) is 14.8. The molecule has 0 amide bonds. The molecule has 44 heavy (non-hydrogen) atoms. The molecule has 4 aliphatic rings. The molecule has 0 saturated carbocycles. The molecule has 2 N–H and O–H groups in total. The smallest absolute Gasteiger partial charge is 0.343 e. The number of ether oxygens (including phenoxy) is 4. The van der Waals surface area contributed by atoms with Crippen molar-refractivity contribution in [1.82, 2.24) is 0 Å². The molecule has 0 radical (unpaired) electrons. The number of aliphatic carboxylic acids is 1. The van der Waals surface area contributed by atoms with E-state index in [2.05, 4.69) is 0 Å². The van der Waals surface area contributed by atoms with Gasteiger partial charge in [-0.05, 0) is 54.0 Å². The molecule has 10 heteroatoms. The normalized spacial score (nSPS) is 29.3. The SMILES string of the molecule is COC(=O)[C@@]1(C/C=C(\C)C(=O)O)OC(C)(C)[C@H]2CC(=O)C=C3C(=O)c4c(O)c(CC=C(C)C)c5c(c4O[C@]321)C(C)(C)[C@H](C)O5. The van der Waals surface area contributed by atoms with Gasteiger partial charge in [0.25, 0.3) is 0 Å². The van der Waals surface area contributed by atoms with E-state index in [1.807, 2.05) is 40.7 Å². The van der Waals surface area contributed by atoms with E-state index in [1.165, 1.54) is 26.2 Å². The summed E-state index contributed by atoms with van der Waals surface area (Å²) in [5.74, 6) is -3.84. The van der Waals surface area contributed by atoms with E-state index >= 15 is 0 Å². The number of aromatic hydroxyl groups is 1. The summed E-state index contributed by atoms with van der Waals surface area (Å²) in [7, 11) is 1.17. The first-order valence-corrected chi connectivity index (χ1v) is 14.8. The molecule has 0 unspecified atom stereocenters. The van der Waals surface area contributed by atoms with Gasteiger partial charge in [0.2, 0.25) is 11.4 Å². The number of ketones is 2. The maximum atomic E-state index is 14.8. The molecule has 1 saturated heterocycles. The van der Waals surface area contributed by atoms with Crippen LogP contribution in [0.25, 0.3) is 0 Å². The van der Waals surface area contributed by atoms with Crippen molar-refractivity contribution in [2.75, 3.05) is 7.11 Å². The summed E-state index contributed by atoms with van der Waals surface area (Å²) in [6.07, 6.45) is 3.91. The Morgan fingerprint density at radius 2 is 1.75 bits per heavy atom. The van der Waals surface area contributed by atoms with E-state index in [4.69, 9.17) is 18.9 Å². The lowest BCUT2D eigenvalue weighted by Gasteiger charge is -2.50. The van der Waals surface area contributed by atoms with Crippen LogP contribution in [0.2, 0.25) is 0 Å². The van der Waals surface area contributed by atoms with Gasteiger partial charge < -0.3 is 29.2 Å². The van der Waals surface area contributed by atoms with Crippen molar-refractivity contribution in [3.05, 3.63) is 51.6 Å². The number of allylic oxidation sites excluding steroid dienone is 3. The Hall–Kier alpha value is -3.92. The van der Waals surface area contributed by atoms with E-state index in [0.717, 1.165) is 5.57 Å². The standard InChI is InChI=1S/C34H40O10/c1-16(2)10-11-20-25(36)23-26(37)21-14-19(35)15-22-32(7,8)44-33(30(40)41-9,13-12-17(3)29(38)39)34(21,22)43-28(23)24-27(20)42-18(4)31(24,5)6/h10,12,14,18,22,36H,11,13,15H2,1-9H3,(H,38,39)/b17-12+/t18-,22+,33+,34+/m0/s1. The molecule has 1 aromatic rings. The quantitative estimate of drug-likeness (QED) is 0.259. The summed E-state index contributed by atoms with van der Waals surface area (Å²) in [5, 5.41) is 21.4. The first kappa shape index (κ1) is 31.5. The van der Waals surface area contributed by atoms with E-state index in [0.29, 0.717) is 16.9 Å². The maximum absolute atomic E-state index is 14.8. The Morgan fingerprint density at radius 3 is 2.34 bits per heavy atom. The highest BCUT2D eigenvalue weighted by Crippen LogP contribution is 2.65. The number of carboxylic acids is 1. The Kier molecular flexibility index (Phi) is 7.20. The fraction of sp³-hybridized carbons (Fsp3) is 0.529. The van der Waals surface area contributed by atoms with Gasteiger partial charge in [0.05, 0.1) is 18.3 Å². The van der Waals surface area contributed by atoms with Crippen molar-refractivity contribution >= 4 is 23.5 Å². The molecule has 3 aliphatic heterocycles. The van der Waals surface area contributed by atoms with Gasteiger partial charge in [-0.25, -0.2) is 9.59 Å². The van der Waals surface area contributed by atoms with E-state index < -0.39 is 45.9 Å². The fourth-order valence-corrected chi connectivity index (χ4v) is 7.24. The van der Waals surface area contributed by atoms with Crippen molar-refractivity contribution in [3.63, 3.8) is 0 Å². The van der Waals surface area contributed by atoms with Crippen molar-refractivity contribution < 1.29 is 48.3 Å². The topological polar surface area (TPSA) is 146 Å². The zero-order valence-electron chi connectivity index (χ0n) is 26.7. The van der Waals surface area contributed by atoms with Crippen LogP contribution in [0.4, 0.5) is 0 Å². The molecule has 1 spiro atoms. The van der Waals surface area contributed by atoms with Gasteiger partial charge in [-0.3, -0.25) is 9.59 Å². The number of fused-ring (bicyclic) bond motifs is 3. The fourth-order valence-electron chi connectivity index (χ4n) is 7.24. The number of hydrogen-bond acceptors (Lipinski definition) is 9. The maximum Gasteiger partial charge on any atom is 0.343 e. The number of hydrogen-bond donors (Lipinski definition) is 2. The number of carbonyl (C=O) groups excluding carboxylic acids is 3. The second-order valence-electron chi connectivity index (χ2n) is 13.6. The Labute approximate surface area is 256 Å². The lowest BCUT2D eigenvalue weighted by atomic mass is 9.59. The average molecular weight is 609 g/mol. The van der Waals surface area contributed by atoms with Crippen LogP contribution in [0.15, 0.2) is 34.9 Å². The summed E-state index contributed by atoms with van der Waals surface area (Å²) in [6, 6.07) is 0. The third-order valence-corrected chi connectivity index (χ3v) is 9.91. The number of carbonyl (C=O) groups is 4. The number of methoxy groups -OCH3 is 1. The predicted molar refractivity (Wildman–Crippen MR) is 159 cm³/mol. The minimum atomic E-state index is -2.06. The molecule has 0 aromatic heterocycles. The number of Topliss-reactive ketones (excluding diaryl/α,β-unsaturated/α-hetero) is 1. The number of benzene rings is 1. The zero-order chi connectivity index (χ0) is 32.7. The number of rotatable bonds is 6. The summed E-state index contributed by atoms with van der Waals surface area (Å²) < 4.78 is 25.2. The van der Waals surface area contributed by atoms with Crippen LogP contribution in [0.1, 0.15) is 89.7 Å². The van der Waals surface area contributed by atoms with Crippen LogP contribution >= 0.6 is 0 Å². The van der Waals surface area contributed by atoms with Crippen molar-refractivity contribution in [3.8, 4) is 17.2 Å². The van der Waals surface area contributed by atoms with E-state index in [1.54, 1.807) is 13.8 Å². The number of carboxylic acid groups (broad SMARTS) is 1. The van der Waals surface area contributed by atoms with Crippen molar-refractivity contribution in [2.45, 2.75) is 103 Å². The van der Waals surface area contributed by atoms with Crippen LogP contribution in [0.5, 0.6) is 17.2 Å². The molecule has 5 rings (SSSR count). The number of phenolic OH excluding ortho intramolecular Hbond substituents is 1. The average Bonchev–Trinajstić information content (AvgIpc) is 3.28. The Balaban J connectivity index is 1.91. The van der Waals surface area contributed by atoms with Crippen LogP contribution in [-0.2, 0) is 35.7 Å². The highest BCUT2D eigenvalue weighted by Gasteiger charge is 2.78. The van der Waals surface area contributed by atoms with Crippen molar-refractivity contribution in [1.29, 1.82) is 0 Å². The molecule has 236 valence electrons. The van der Waals surface area contributed by atoms with Crippen molar-refractivity contribution in [2.24, 2.45) is 5.92 Å². The van der Waals surface area contributed by atoms with E-state index in [-0.39, 0.29) is 59.4 Å². The van der Waals surface area contributed by atoms with Gasteiger partial charge in [0.15, 0.2) is 11.4 Å². The molecule has 1 aromatic carbocycles. The molecule has 1 aliphatic carbocycles. The highest BCUT2D eigenvalue weighted by molar-refractivity contribution is 6.19. The van der Waals surface area contributed by atoms with E-state index in [9.17, 15) is 29.4 Å². The largest absolute Gasteiger partial charge is 0.507 e. The molecular weight excluding hydrogens is 568 g/mol. The summed E-state index contributed by atoms with van der Waals surface area (Å²) in [4.78, 5) is 53.8. The van der Waals surface area contributed by atoms with Crippen LogP contribution < -0.4 is 9.47 Å². The van der Waals surface area contributed by atoms with Gasteiger partial charge in [-0.2, -0.15) is 0 Å². The molecule has 10 nitrogen and oxygen atoms in total. The third-order valence-electron chi connectivity index (χ3n) is 9.91. The molecule has 0 bridgehead atoms. The van der Waals surface area contributed by atoms with Crippen LogP contribution in [0.3, 0.4) is 0 Å². The molecular formula is C34H40O10. The zero-order valence-corrected chi connectivity index (χ0v) is 26.7. The minimum absolute atomic E-state index is 0.0553. The second kappa shape index (κ2) is 10.1. The van der Waals surface area contributed by atoms with Gasteiger partial charge in [0, 0.05) is 40.9 Å². The summed E-state index contributed by atoms with van der Waals surface area (Å²) in [5.41, 5.74) is -4.20. The monoisotopic (exact) mass is 608 g/mol. The highest BCUT2D eigenvalue weighted by atomic mass is 16.6. The van der Waals surface area contributed by atoms with Gasteiger partial charge in [-0.15, -0.1) is 0 Å². The molecule has 3 heterocycles. The predicted octanol–water partition coefficient (Wildman–Crippen LogP) is 4.93. The Morgan fingerprint density at radius 1 is 1.09 bits per heavy atom. The lowest BCUT2D eigenvalue weighted by molar-refractivity contribution is -0.188. The first-order chi connectivity index (χ1) is 20.4. The Bertz CT molecular complexity index is 1600. The molecule has 1 fully saturated rings. The lowest BCUT2D eigenvalue weighted by Crippen LogP contribution is -2.67. The van der Waals surface area contributed by atoms with Gasteiger partial charge >= 0.3 is 11.9 Å². The van der Waals surface area contributed by atoms with Crippen LogP contribution in [-0.4, -0.2) is 63.7 Å². The number of esters is 1. The van der Waals surface area contributed by atoms with Crippen LogP contribution in [0, 0.1) is 5.92 Å². The number of phenols is 1. The van der Waals surface area contributed by atoms with Gasteiger partial charge in [-0.1, -0.05) is 31.6 Å². The summed E-state index contributed by atoms with van der Waals surface area (Å²) in [6.45, 7) is 14.4. The minimum Gasteiger partial charge on any atom is -0.507 e. The molecule has 4 atom stereocenters. The third kappa shape index (κ3) is 4.09.